The molecule has 2 aliphatic rings. The van der Waals surface area contributed by atoms with Crippen LogP contribution in [0.2, 0.25) is 0 Å². The molecule has 1 aliphatic carbocycles. The number of carbonyl (C=O) groups excluding carboxylic acids is 1. The van der Waals surface area contributed by atoms with Gasteiger partial charge in [0.2, 0.25) is 0 Å². The quantitative estimate of drug-likeness (QED) is 0.635. The van der Waals surface area contributed by atoms with Gasteiger partial charge in [0.15, 0.2) is 5.69 Å². The first-order valence-electron chi connectivity index (χ1n) is 9.92. The van der Waals surface area contributed by atoms with Gasteiger partial charge in [0, 0.05) is 36.3 Å². The topological polar surface area (TPSA) is 67.6 Å². The van der Waals surface area contributed by atoms with E-state index < -0.39 is 17.4 Å². The van der Waals surface area contributed by atoms with E-state index in [1.807, 2.05) is 11.9 Å². The van der Waals surface area contributed by atoms with E-state index in [4.69, 9.17) is 4.74 Å². The largest absolute Gasteiger partial charge is 0.461 e. The second-order valence-corrected chi connectivity index (χ2v) is 7.70. The molecule has 0 spiro atoms. The smallest absolute Gasteiger partial charge is 0.359 e. The summed E-state index contributed by atoms with van der Waals surface area (Å²) in [5.74, 6) is 4.99. The number of ether oxygens (including phenoxy) is 1. The van der Waals surface area contributed by atoms with Crippen molar-refractivity contribution < 1.29 is 19.0 Å². The molecule has 1 saturated heterocycles. The maximum absolute atomic E-state index is 14.7. The first kappa shape index (κ1) is 19.6. The zero-order valence-electron chi connectivity index (χ0n) is 16.7. The van der Waals surface area contributed by atoms with E-state index in [0.717, 1.165) is 37.1 Å². The fraction of sp³-hybridized carbons (Fsp3) is 0.455. The predicted octanol–water partition coefficient (Wildman–Crippen LogP) is 2.09. The van der Waals surface area contributed by atoms with Crippen LogP contribution in [0.15, 0.2) is 18.2 Å². The number of β-amino-alcohol motifs (C(OH)–C–C–N with tert-alkyl or cyclic N) is 1. The number of benzene rings is 1. The molecule has 0 saturated carbocycles. The molecule has 1 atom stereocenters. The van der Waals surface area contributed by atoms with Crippen molar-refractivity contribution in [1.29, 1.82) is 0 Å². The zero-order valence-corrected chi connectivity index (χ0v) is 16.7. The zero-order chi connectivity index (χ0) is 20.6. The number of likely N-dealkylation sites (tertiary alicyclic amines) is 1. The molecule has 7 heteroatoms. The Morgan fingerprint density at radius 2 is 2.24 bits per heavy atom. The molecule has 1 unspecified atom stereocenters. The highest BCUT2D eigenvalue weighted by atomic mass is 19.1. The van der Waals surface area contributed by atoms with Gasteiger partial charge in [-0.25, -0.2) is 13.9 Å². The molecule has 2 heterocycles. The summed E-state index contributed by atoms with van der Waals surface area (Å²) in [6.45, 7) is 3.28. The van der Waals surface area contributed by atoms with E-state index >= 15 is 0 Å². The van der Waals surface area contributed by atoms with Crippen molar-refractivity contribution in [3.8, 4) is 17.5 Å². The maximum atomic E-state index is 14.7. The summed E-state index contributed by atoms with van der Waals surface area (Å²) in [5.41, 5.74) is 1.73. The lowest BCUT2D eigenvalue weighted by molar-refractivity contribution is 0.0517. The van der Waals surface area contributed by atoms with Crippen LogP contribution in [0.4, 0.5) is 4.39 Å². The molecule has 1 N–H and O–H groups in total. The van der Waals surface area contributed by atoms with Crippen molar-refractivity contribution >= 4 is 5.97 Å². The average molecular weight is 397 g/mol. The Kier molecular flexibility index (Phi) is 5.15. The monoisotopic (exact) mass is 397 g/mol. The van der Waals surface area contributed by atoms with Crippen LogP contribution >= 0.6 is 0 Å². The molecule has 1 aromatic heterocycles. The molecular formula is C22H24FN3O3. The van der Waals surface area contributed by atoms with Crippen molar-refractivity contribution in [2.75, 3.05) is 26.7 Å². The fourth-order valence-electron chi connectivity index (χ4n) is 4.02. The van der Waals surface area contributed by atoms with Crippen molar-refractivity contribution in [3.63, 3.8) is 0 Å². The number of hydrogen-bond donors (Lipinski definition) is 1. The SMILES string of the molecule is CCOC(=O)c1nn(-c2cc(C#CC3(O)CCN(C)C3)ccc2F)c2c1CCC2. The summed E-state index contributed by atoms with van der Waals surface area (Å²) < 4.78 is 21.3. The van der Waals surface area contributed by atoms with Crippen LogP contribution in [-0.2, 0) is 17.6 Å². The Balaban J connectivity index is 1.71. The molecule has 0 radical (unpaired) electrons. The van der Waals surface area contributed by atoms with Crippen LogP contribution in [-0.4, -0.2) is 58.1 Å². The first-order chi connectivity index (χ1) is 13.9. The van der Waals surface area contributed by atoms with E-state index in [1.165, 1.54) is 10.7 Å². The molecule has 1 aliphatic heterocycles. The van der Waals surface area contributed by atoms with Gasteiger partial charge in [-0.15, -0.1) is 0 Å². The van der Waals surface area contributed by atoms with E-state index in [2.05, 4.69) is 16.9 Å². The number of nitrogens with zero attached hydrogens (tertiary/aromatic N) is 3. The summed E-state index contributed by atoms with van der Waals surface area (Å²) in [4.78, 5) is 14.3. The van der Waals surface area contributed by atoms with E-state index in [9.17, 15) is 14.3 Å². The van der Waals surface area contributed by atoms with Gasteiger partial charge in [0.1, 0.15) is 17.1 Å². The number of aromatic nitrogens is 2. The number of fused-ring (bicyclic) bond motifs is 1. The summed E-state index contributed by atoms with van der Waals surface area (Å²) in [7, 11) is 1.94. The van der Waals surface area contributed by atoms with Gasteiger partial charge in [0.25, 0.3) is 0 Å². The van der Waals surface area contributed by atoms with Gasteiger partial charge in [-0.1, -0.05) is 11.8 Å². The lowest BCUT2D eigenvalue weighted by Crippen LogP contribution is -2.29. The molecule has 6 nitrogen and oxygen atoms in total. The summed E-state index contributed by atoms with van der Waals surface area (Å²) in [6, 6.07) is 4.55. The predicted molar refractivity (Wildman–Crippen MR) is 105 cm³/mol. The highest BCUT2D eigenvalue weighted by Crippen LogP contribution is 2.29. The summed E-state index contributed by atoms with van der Waals surface area (Å²) in [6.07, 6.45) is 2.93. The Labute approximate surface area is 169 Å². The summed E-state index contributed by atoms with van der Waals surface area (Å²) >= 11 is 0. The van der Waals surface area contributed by atoms with Crippen LogP contribution in [0.5, 0.6) is 0 Å². The number of esters is 1. The number of hydrogen-bond acceptors (Lipinski definition) is 5. The van der Waals surface area contributed by atoms with Gasteiger partial charge in [-0.05, 0) is 51.4 Å². The van der Waals surface area contributed by atoms with Crippen LogP contribution in [0.25, 0.3) is 5.69 Å². The van der Waals surface area contributed by atoms with Crippen molar-refractivity contribution in [2.45, 2.75) is 38.2 Å². The van der Waals surface area contributed by atoms with Crippen LogP contribution in [0.3, 0.4) is 0 Å². The molecule has 4 rings (SSSR count). The van der Waals surface area contributed by atoms with Crippen LogP contribution < -0.4 is 0 Å². The van der Waals surface area contributed by atoms with E-state index in [1.54, 1.807) is 19.1 Å². The molecule has 152 valence electrons. The average Bonchev–Trinajstić information content (AvgIpc) is 3.37. The molecular weight excluding hydrogens is 373 g/mol. The molecule has 1 aromatic carbocycles. The molecule has 0 amide bonds. The van der Waals surface area contributed by atoms with Crippen molar-refractivity contribution in [1.82, 2.24) is 14.7 Å². The second kappa shape index (κ2) is 7.62. The number of aliphatic hydroxyl groups is 1. The number of likely N-dealkylation sites (N-methyl/N-ethyl adjacent to an activating group) is 1. The van der Waals surface area contributed by atoms with Gasteiger partial charge in [-0.2, -0.15) is 5.10 Å². The third-order valence-electron chi connectivity index (χ3n) is 5.45. The minimum absolute atomic E-state index is 0.251. The minimum Gasteiger partial charge on any atom is -0.461 e. The Morgan fingerprint density at radius 1 is 1.41 bits per heavy atom. The molecule has 2 aromatic rings. The number of rotatable bonds is 3. The molecule has 0 bridgehead atoms. The third-order valence-corrected chi connectivity index (χ3v) is 5.45. The van der Waals surface area contributed by atoms with Crippen LogP contribution in [0.1, 0.15) is 47.1 Å². The molecule has 1 fully saturated rings. The lowest BCUT2D eigenvalue weighted by atomic mass is 10.0. The van der Waals surface area contributed by atoms with Gasteiger partial charge in [0.05, 0.1) is 6.61 Å². The van der Waals surface area contributed by atoms with Gasteiger partial charge in [-0.3, -0.25) is 0 Å². The lowest BCUT2D eigenvalue weighted by Gasteiger charge is -2.14. The minimum atomic E-state index is -1.05. The maximum Gasteiger partial charge on any atom is 0.359 e. The fourth-order valence-corrected chi connectivity index (χ4v) is 4.02. The molecule has 29 heavy (non-hydrogen) atoms. The van der Waals surface area contributed by atoms with E-state index in [0.29, 0.717) is 18.5 Å². The second-order valence-electron chi connectivity index (χ2n) is 7.70. The highest BCUT2D eigenvalue weighted by molar-refractivity contribution is 5.89. The van der Waals surface area contributed by atoms with Crippen molar-refractivity contribution in [3.05, 3.63) is 46.5 Å². The summed E-state index contributed by atoms with van der Waals surface area (Å²) in [5, 5.41) is 14.9. The standard InChI is InChI=1S/C22H24FN3O3/c1-3-29-21(27)20-16-5-4-6-18(16)26(24-20)19-13-15(7-8-17(19)23)9-10-22(28)11-12-25(2)14-22/h7-8,13,28H,3-6,11-12,14H2,1-2H3. The Bertz CT molecular complexity index is 1020. The normalized spacial score (nSPS) is 21.0. The first-order valence-corrected chi connectivity index (χ1v) is 9.92. The highest BCUT2D eigenvalue weighted by Gasteiger charge is 2.32. The van der Waals surface area contributed by atoms with E-state index in [-0.39, 0.29) is 18.0 Å². The van der Waals surface area contributed by atoms with Crippen molar-refractivity contribution in [2.24, 2.45) is 0 Å². The Morgan fingerprint density at radius 3 is 2.97 bits per heavy atom. The number of halogens is 1. The number of carbonyl (C=O) groups is 1. The van der Waals surface area contributed by atoms with Crippen LogP contribution in [0, 0.1) is 17.7 Å². The third kappa shape index (κ3) is 3.78. The van der Waals surface area contributed by atoms with Gasteiger partial charge < -0.3 is 14.7 Å². The Hall–Kier alpha value is -2.69. The van der Waals surface area contributed by atoms with Gasteiger partial charge >= 0.3 is 5.97 Å².